The molecule has 23 heavy (non-hydrogen) atoms. The van der Waals surface area contributed by atoms with Crippen molar-refractivity contribution in [2.24, 2.45) is 0 Å². The van der Waals surface area contributed by atoms with Gasteiger partial charge in [0.05, 0.1) is 7.11 Å². The Hall–Kier alpha value is -2.55. The summed E-state index contributed by atoms with van der Waals surface area (Å²) in [6.07, 6.45) is 0. The fraction of sp³-hybridized carbons (Fsp3) is 0.250. The smallest absolute Gasteiger partial charge is 0.256 e. The van der Waals surface area contributed by atoms with Gasteiger partial charge in [0.15, 0.2) is 0 Å². The number of ether oxygens (including phenoxy) is 1. The quantitative estimate of drug-likeness (QED) is 0.757. The molecule has 3 heteroatoms. The van der Waals surface area contributed by atoms with Crippen LogP contribution >= 0.6 is 0 Å². The topological polar surface area (TPSA) is 42.1 Å². The van der Waals surface area contributed by atoms with Crippen LogP contribution in [0.3, 0.4) is 0 Å². The summed E-state index contributed by atoms with van der Waals surface area (Å²) in [4.78, 5) is 15.3. The molecule has 118 valence electrons. The van der Waals surface area contributed by atoms with Gasteiger partial charge in [-0.05, 0) is 46.2 Å². The number of nitrogens with one attached hydrogen (secondary N) is 1. The third kappa shape index (κ3) is 3.00. The van der Waals surface area contributed by atoms with E-state index >= 15 is 0 Å². The molecule has 0 saturated carbocycles. The maximum atomic E-state index is 12.3. The van der Waals surface area contributed by atoms with Crippen molar-refractivity contribution < 1.29 is 4.74 Å². The molecule has 0 unspecified atom stereocenters. The number of pyridine rings is 1. The van der Waals surface area contributed by atoms with E-state index in [1.807, 2.05) is 12.1 Å². The molecule has 0 atom stereocenters. The molecule has 0 radical (unpaired) electrons. The van der Waals surface area contributed by atoms with E-state index in [1.54, 1.807) is 19.2 Å². The Kier molecular flexibility index (Phi) is 3.72. The van der Waals surface area contributed by atoms with E-state index in [0.717, 1.165) is 22.4 Å². The highest BCUT2D eigenvalue weighted by molar-refractivity contribution is 5.86. The van der Waals surface area contributed by atoms with E-state index in [9.17, 15) is 4.79 Å². The van der Waals surface area contributed by atoms with Crippen LogP contribution in [-0.4, -0.2) is 12.1 Å². The Morgan fingerprint density at radius 2 is 1.65 bits per heavy atom. The van der Waals surface area contributed by atoms with Gasteiger partial charge in [0, 0.05) is 11.1 Å². The second-order valence-electron chi connectivity index (χ2n) is 6.79. The summed E-state index contributed by atoms with van der Waals surface area (Å²) in [5, 5.41) is 1.55. The predicted octanol–water partition coefficient (Wildman–Crippen LogP) is 4.50. The summed E-state index contributed by atoms with van der Waals surface area (Å²) in [6, 6.07) is 15.8. The molecule has 0 amide bonds. The van der Waals surface area contributed by atoms with E-state index in [0.29, 0.717) is 5.39 Å². The number of rotatable bonds is 2. The van der Waals surface area contributed by atoms with Gasteiger partial charge in [-0.15, -0.1) is 0 Å². The SMILES string of the molecule is COc1ccc2c(=O)[nH]c(-c3ccc(C(C)(C)C)cc3)cc2c1. The highest BCUT2D eigenvalue weighted by atomic mass is 16.5. The molecule has 1 aromatic heterocycles. The first-order valence-electron chi connectivity index (χ1n) is 7.70. The van der Waals surface area contributed by atoms with Crippen LogP contribution in [0.25, 0.3) is 22.0 Å². The first kappa shape index (κ1) is 15.3. The summed E-state index contributed by atoms with van der Waals surface area (Å²) in [7, 11) is 1.63. The molecular formula is C20H21NO2. The number of aromatic amines is 1. The number of hydrogen-bond donors (Lipinski definition) is 1. The molecule has 3 nitrogen and oxygen atoms in total. The molecule has 0 aliphatic heterocycles. The first-order valence-corrected chi connectivity index (χ1v) is 7.70. The van der Waals surface area contributed by atoms with Crippen molar-refractivity contribution in [2.45, 2.75) is 26.2 Å². The second kappa shape index (κ2) is 5.58. The van der Waals surface area contributed by atoms with E-state index in [1.165, 1.54) is 5.56 Å². The van der Waals surface area contributed by atoms with E-state index < -0.39 is 0 Å². The Morgan fingerprint density at radius 3 is 2.26 bits per heavy atom. The number of benzene rings is 2. The summed E-state index contributed by atoms with van der Waals surface area (Å²) in [5.41, 5.74) is 3.12. The lowest BCUT2D eigenvalue weighted by Crippen LogP contribution is -2.11. The predicted molar refractivity (Wildman–Crippen MR) is 95.3 cm³/mol. The number of fused-ring (bicyclic) bond motifs is 1. The highest BCUT2D eigenvalue weighted by Crippen LogP contribution is 2.27. The Labute approximate surface area is 135 Å². The third-order valence-corrected chi connectivity index (χ3v) is 4.11. The Balaban J connectivity index is 2.11. The standard InChI is InChI=1S/C20H21NO2/c1-20(2,3)15-7-5-13(6-8-15)18-12-14-11-16(23-4)9-10-17(14)19(22)21-18/h5-12H,1-4H3,(H,21,22). The molecule has 0 saturated heterocycles. The van der Waals surface area contributed by atoms with Crippen molar-refractivity contribution in [3.63, 3.8) is 0 Å². The van der Waals surface area contributed by atoms with Gasteiger partial charge in [0.2, 0.25) is 0 Å². The molecule has 0 aliphatic rings. The zero-order valence-corrected chi connectivity index (χ0v) is 13.9. The van der Waals surface area contributed by atoms with Gasteiger partial charge in [0.1, 0.15) is 5.75 Å². The van der Waals surface area contributed by atoms with Crippen LogP contribution in [0.5, 0.6) is 5.75 Å². The van der Waals surface area contributed by atoms with Crippen molar-refractivity contribution in [1.29, 1.82) is 0 Å². The van der Waals surface area contributed by atoms with Crippen molar-refractivity contribution in [3.05, 3.63) is 64.4 Å². The van der Waals surface area contributed by atoms with Crippen LogP contribution < -0.4 is 10.3 Å². The molecule has 3 rings (SSSR count). The Morgan fingerprint density at radius 1 is 0.957 bits per heavy atom. The Bertz CT molecular complexity index is 900. The van der Waals surface area contributed by atoms with Gasteiger partial charge in [-0.2, -0.15) is 0 Å². The molecule has 3 aromatic rings. The maximum Gasteiger partial charge on any atom is 0.256 e. The molecule has 0 bridgehead atoms. The maximum absolute atomic E-state index is 12.3. The minimum Gasteiger partial charge on any atom is -0.497 e. The molecule has 2 aromatic carbocycles. The van der Waals surface area contributed by atoms with Crippen LogP contribution in [0, 0.1) is 0 Å². The zero-order valence-electron chi connectivity index (χ0n) is 13.9. The van der Waals surface area contributed by atoms with Gasteiger partial charge in [-0.3, -0.25) is 4.79 Å². The average Bonchev–Trinajstić information content (AvgIpc) is 2.53. The van der Waals surface area contributed by atoms with Gasteiger partial charge < -0.3 is 9.72 Å². The summed E-state index contributed by atoms with van der Waals surface area (Å²) in [6.45, 7) is 6.56. The van der Waals surface area contributed by atoms with Gasteiger partial charge in [-0.25, -0.2) is 0 Å². The highest BCUT2D eigenvalue weighted by Gasteiger charge is 2.13. The molecule has 0 spiro atoms. The molecule has 0 fully saturated rings. The largest absolute Gasteiger partial charge is 0.497 e. The average molecular weight is 307 g/mol. The second-order valence-corrected chi connectivity index (χ2v) is 6.79. The van der Waals surface area contributed by atoms with Crippen LogP contribution in [0.15, 0.2) is 53.3 Å². The fourth-order valence-corrected chi connectivity index (χ4v) is 2.68. The lowest BCUT2D eigenvalue weighted by atomic mass is 9.86. The van der Waals surface area contributed by atoms with Crippen molar-refractivity contribution in [2.75, 3.05) is 7.11 Å². The fourth-order valence-electron chi connectivity index (χ4n) is 2.68. The summed E-state index contributed by atoms with van der Waals surface area (Å²) in [5.74, 6) is 0.747. The zero-order chi connectivity index (χ0) is 16.6. The molecule has 0 aliphatic carbocycles. The van der Waals surface area contributed by atoms with Crippen molar-refractivity contribution in [3.8, 4) is 17.0 Å². The normalized spacial score (nSPS) is 11.7. The monoisotopic (exact) mass is 307 g/mol. The lowest BCUT2D eigenvalue weighted by molar-refractivity contribution is 0.415. The van der Waals surface area contributed by atoms with E-state index in [-0.39, 0.29) is 11.0 Å². The number of aromatic nitrogens is 1. The number of H-pyrrole nitrogens is 1. The summed E-state index contributed by atoms with van der Waals surface area (Å²) < 4.78 is 5.25. The molecule has 1 N–H and O–H groups in total. The van der Waals surface area contributed by atoms with E-state index in [2.05, 4.69) is 50.0 Å². The lowest BCUT2D eigenvalue weighted by Gasteiger charge is -2.19. The van der Waals surface area contributed by atoms with Crippen molar-refractivity contribution in [1.82, 2.24) is 4.98 Å². The van der Waals surface area contributed by atoms with E-state index in [4.69, 9.17) is 4.74 Å². The van der Waals surface area contributed by atoms with Crippen molar-refractivity contribution >= 4 is 10.8 Å². The number of hydrogen-bond acceptors (Lipinski definition) is 2. The van der Waals surface area contributed by atoms with Gasteiger partial charge in [-0.1, -0.05) is 45.0 Å². The molecular weight excluding hydrogens is 286 g/mol. The van der Waals surface area contributed by atoms with Crippen LogP contribution in [0.1, 0.15) is 26.3 Å². The third-order valence-electron chi connectivity index (χ3n) is 4.11. The first-order chi connectivity index (χ1) is 10.9. The van der Waals surface area contributed by atoms with Crippen LogP contribution in [0.2, 0.25) is 0 Å². The van der Waals surface area contributed by atoms with Crippen LogP contribution in [-0.2, 0) is 5.41 Å². The number of methoxy groups -OCH3 is 1. The minimum atomic E-state index is -0.0833. The molecule has 1 heterocycles. The van der Waals surface area contributed by atoms with Crippen LogP contribution in [0.4, 0.5) is 0 Å². The minimum absolute atomic E-state index is 0.0833. The van der Waals surface area contributed by atoms with Gasteiger partial charge >= 0.3 is 0 Å². The van der Waals surface area contributed by atoms with Gasteiger partial charge in [0.25, 0.3) is 5.56 Å². The summed E-state index contributed by atoms with van der Waals surface area (Å²) >= 11 is 0.